The van der Waals surface area contributed by atoms with Crippen molar-refractivity contribution in [3.05, 3.63) is 105 Å². The molecule has 4 rings (SSSR count). The number of hydrogen-bond donors (Lipinski definition) is 2. The molecular formula is C28H28FN3O2S. The Bertz CT molecular complexity index is 1400. The summed E-state index contributed by atoms with van der Waals surface area (Å²) in [6.07, 6.45) is 0. The third-order valence-electron chi connectivity index (χ3n) is 5.89. The second-order valence-electron chi connectivity index (χ2n) is 8.52. The lowest BCUT2D eigenvalue weighted by Crippen LogP contribution is -2.35. The molecule has 1 heterocycles. The number of fused-ring (bicyclic) bond motifs is 1. The van der Waals surface area contributed by atoms with Crippen molar-refractivity contribution in [1.82, 2.24) is 9.88 Å². The van der Waals surface area contributed by atoms with Gasteiger partial charge in [0.1, 0.15) is 11.6 Å². The first-order valence-electron chi connectivity index (χ1n) is 11.5. The number of benzene rings is 3. The Morgan fingerprint density at radius 3 is 2.37 bits per heavy atom. The second-order valence-corrected chi connectivity index (χ2v) is 8.90. The van der Waals surface area contributed by atoms with Crippen LogP contribution < -0.4 is 15.6 Å². The lowest BCUT2D eigenvalue weighted by molar-refractivity contribution is 0.340. The smallest absolute Gasteiger partial charge is 0.253 e. The van der Waals surface area contributed by atoms with Gasteiger partial charge in [-0.1, -0.05) is 12.1 Å². The summed E-state index contributed by atoms with van der Waals surface area (Å²) in [7, 11) is 0. The summed E-state index contributed by atoms with van der Waals surface area (Å²) in [6.45, 7) is 7.31. The van der Waals surface area contributed by atoms with E-state index in [1.807, 2.05) is 55.1 Å². The molecule has 5 nitrogen and oxygen atoms in total. The molecule has 0 saturated carbocycles. The minimum atomic E-state index is -0.299. The zero-order valence-corrected chi connectivity index (χ0v) is 20.8. The molecule has 180 valence electrons. The number of aromatic nitrogens is 1. The number of H-pyrrole nitrogens is 1. The van der Waals surface area contributed by atoms with Crippen molar-refractivity contribution in [3.8, 4) is 5.75 Å². The van der Waals surface area contributed by atoms with Crippen molar-refractivity contribution in [1.29, 1.82) is 0 Å². The summed E-state index contributed by atoms with van der Waals surface area (Å²) in [5, 5.41) is 4.68. The highest BCUT2D eigenvalue weighted by molar-refractivity contribution is 7.80. The van der Waals surface area contributed by atoms with Crippen molar-refractivity contribution in [2.75, 3.05) is 11.9 Å². The molecule has 35 heavy (non-hydrogen) atoms. The summed E-state index contributed by atoms with van der Waals surface area (Å²) in [5.74, 6) is 0.479. The van der Waals surface area contributed by atoms with Gasteiger partial charge in [-0.3, -0.25) is 4.79 Å². The van der Waals surface area contributed by atoms with Gasteiger partial charge in [-0.15, -0.1) is 0 Å². The lowest BCUT2D eigenvalue weighted by atomic mass is 10.0. The zero-order chi connectivity index (χ0) is 24.9. The quantitative estimate of drug-likeness (QED) is 0.308. The van der Waals surface area contributed by atoms with Crippen molar-refractivity contribution < 1.29 is 9.13 Å². The molecule has 0 unspecified atom stereocenters. The molecule has 0 saturated heterocycles. The number of ether oxygens (including phenoxy) is 1. The van der Waals surface area contributed by atoms with Crippen LogP contribution in [0.3, 0.4) is 0 Å². The van der Waals surface area contributed by atoms with Crippen LogP contribution in [0.2, 0.25) is 0 Å². The Kier molecular flexibility index (Phi) is 7.46. The van der Waals surface area contributed by atoms with E-state index in [9.17, 15) is 9.18 Å². The maximum absolute atomic E-state index is 13.5. The number of aromatic amines is 1. The Morgan fingerprint density at radius 1 is 1.00 bits per heavy atom. The Labute approximate surface area is 209 Å². The van der Waals surface area contributed by atoms with Crippen LogP contribution in [0.25, 0.3) is 10.9 Å². The van der Waals surface area contributed by atoms with Gasteiger partial charge in [-0.25, -0.2) is 4.39 Å². The van der Waals surface area contributed by atoms with E-state index in [2.05, 4.69) is 23.3 Å². The fraction of sp³-hybridized carbons (Fsp3) is 0.214. The molecular weight excluding hydrogens is 461 g/mol. The Hall–Kier alpha value is -3.71. The second kappa shape index (κ2) is 10.7. The predicted molar refractivity (Wildman–Crippen MR) is 144 cm³/mol. The van der Waals surface area contributed by atoms with Gasteiger partial charge in [0.2, 0.25) is 0 Å². The molecule has 0 fully saturated rings. The van der Waals surface area contributed by atoms with Crippen molar-refractivity contribution in [2.45, 2.75) is 33.9 Å². The topological polar surface area (TPSA) is 57.4 Å². The largest absolute Gasteiger partial charge is 0.494 e. The van der Waals surface area contributed by atoms with Crippen LogP contribution in [0.1, 0.15) is 29.2 Å². The van der Waals surface area contributed by atoms with Gasteiger partial charge >= 0.3 is 0 Å². The molecule has 0 radical (unpaired) electrons. The van der Waals surface area contributed by atoms with Gasteiger partial charge in [-0.2, -0.15) is 0 Å². The first-order valence-corrected chi connectivity index (χ1v) is 11.9. The highest BCUT2D eigenvalue weighted by atomic mass is 32.1. The molecule has 0 amide bonds. The van der Waals surface area contributed by atoms with Crippen LogP contribution in [0.4, 0.5) is 10.1 Å². The number of nitrogens with one attached hydrogen (secondary N) is 2. The average Bonchev–Trinajstić information content (AvgIpc) is 2.83. The fourth-order valence-corrected chi connectivity index (χ4v) is 4.11. The number of aryl methyl sites for hydroxylation is 2. The van der Waals surface area contributed by atoms with Crippen LogP contribution in [0.5, 0.6) is 5.75 Å². The lowest BCUT2D eigenvalue weighted by Gasteiger charge is -2.26. The van der Waals surface area contributed by atoms with Crippen LogP contribution in [-0.2, 0) is 13.1 Å². The van der Waals surface area contributed by atoms with Gasteiger partial charge in [0.05, 0.1) is 13.2 Å². The maximum atomic E-state index is 13.5. The van der Waals surface area contributed by atoms with E-state index in [4.69, 9.17) is 17.0 Å². The summed E-state index contributed by atoms with van der Waals surface area (Å²) in [4.78, 5) is 17.8. The zero-order valence-electron chi connectivity index (χ0n) is 20.0. The number of thiocarbonyl (C=S) groups is 1. The van der Waals surface area contributed by atoms with Crippen molar-refractivity contribution >= 4 is 33.9 Å². The van der Waals surface area contributed by atoms with E-state index in [1.165, 1.54) is 12.1 Å². The molecule has 4 aromatic rings. The van der Waals surface area contributed by atoms with E-state index < -0.39 is 0 Å². The monoisotopic (exact) mass is 489 g/mol. The van der Waals surface area contributed by atoms with Gasteiger partial charge < -0.3 is 19.9 Å². The molecule has 0 bridgehead atoms. The van der Waals surface area contributed by atoms with Gasteiger partial charge in [0, 0.05) is 23.3 Å². The Morgan fingerprint density at radius 2 is 1.69 bits per heavy atom. The number of nitrogens with zero attached hydrogens (tertiary/aromatic N) is 1. The number of hydrogen-bond acceptors (Lipinski definition) is 3. The molecule has 0 aliphatic rings. The highest BCUT2D eigenvalue weighted by Gasteiger charge is 2.15. The van der Waals surface area contributed by atoms with Crippen LogP contribution in [0.15, 0.2) is 71.5 Å². The van der Waals surface area contributed by atoms with Gasteiger partial charge in [0.25, 0.3) is 5.56 Å². The van der Waals surface area contributed by atoms with E-state index in [0.29, 0.717) is 30.4 Å². The minimum Gasteiger partial charge on any atom is -0.494 e. The molecule has 0 spiro atoms. The molecule has 7 heteroatoms. The Balaban J connectivity index is 1.62. The maximum Gasteiger partial charge on any atom is 0.253 e. The molecule has 2 N–H and O–H groups in total. The van der Waals surface area contributed by atoms with Crippen LogP contribution >= 0.6 is 12.2 Å². The van der Waals surface area contributed by atoms with E-state index in [1.54, 1.807) is 12.1 Å². The van der Waals surface area contributed by atoms with Gasteiger partial charge in [0.15, 0.2) is 5.11 Å². The summed E-state index contributed by atoms with van der Waals surface area (Å²) < 4.78 is 19.0. The summed E-state index contributed by atoms with van der Waals surface area (Å²) >= 11 is 5.74. The molecule has 1 aromatic heterocycles. The predicted octanol–water partition coefficient (Wildman–Crippen LogP) is 6.08. The number of halogens is 1. The fourth-order valence-electron chi connectivity index (χ4n) is 3.86. The first-order chi connectivity index (χ1) is 16.8. The summed E-state index contributed by atoms with van der Waals surface area (Å²) in [6, 6.07) is 19.8. The molecule has 0 aliphatic heterocycles. The van der Waals surface area contributed by atoms with Gasteiger partial charge in [-0.05, 0) is 110 Å². The third kappa shape index (κ3) is 6.05. The van der Waals surface area contributed by atoms with E-state index >= 15 is 0 Å². The molecule has 3 aromatic carbocycles. The SMILES string of the molecule is CCOc1ccc(NC(=S)N(Cc2ccc(F)cc2)Cc2cc3cc(C)c(C)cc3[nH]c2=O)cc1. The number of anilines is 1. The van der Waals surface area contributed by atoms with Crippen molar-refractivity contribution in [3.63, 3.8) is 0 Å². The average molecular weight is 490 g/mol. The minimum absolute atomic E-state index is 0.159. The summed E-state index contributed by atoms with van der Waals surface area (Å²) in [5.41, 5.74) is 5.22. The first kappa shape index (κ1) is 24.4. The number of rotatable bonds is 7. The molecule has 0 atom stereocenters. The number of pyridine rings is 1. The molecule has 0 aliphatic carbocycles. The third-order valence-corrected chi connectivity index (χ3v) is 6.25. The van der Waals surface area contributed by atoms with E-state index in [-0.39, 0.29) is 11.4 Å². The van der Waals surface area contributed by atoms with Crippen LogP contribution in [-0.4, -0.2) is 21.6 Å². The van der Waals surface area contributed by atoms with Crippen LogP contribution in [0, 0.1) is 19.7 Å². The standard InChI is InChI=1S/C28H28FN3O2S/c1-4-34-25-11-9-24(10-12-25)30-28(35)32(16-20-5-7-23(29)8-6-20)17-22-15-21-13-18(2)19(3)14-26(21)31-27(22)33/h5-15H,4,16-17H2,1-3H3,(H,30,35)(H,31,33). The van der Waals surface area contributed by atoms with Crippen molar-refractivity contribution in [2.24, 2.45) is 0 Å². The van der Waals surface area contributed by atoms with E-state index in [0.717, 1.165) is 39.0 Å². The highest BCUT2D eigenvalue weighted by Crippen LogP contribution is 2.20. The normalized spacial score (nSPS) is 10.9.